The number of ether oxygens (including phenoxy) is 1. The number of benzene rings is 2. The van der Waals surface area contributed by atoms with Gasteiger partial charge in [-0.05, 0) is 55.8 Å². The fourth-order valence-electron chi connectivity index (χ4n) is 2.50. The maximum Gasteiger partial charge on any atom is 0.261 e. The Labute approximate surface area is 173 Å². The molecule has 0 aromatic heterocycles. The van der Waals surface area contributed by atoms with E-state index in [1.807, 2.05) is 0 Å². The van der Waals surface area contributed by atoms with Gasteiger partial charge in [0.15, 0.2) is 6.61 Å². The Balaban J connectivity index is 2.17. The molecule has 5 nitrogen and oxygen atoms in total. The second-order valence-electron chi connectivity index (χ2n) is 6.07. The molecule has 0 spiro atoms. The molecule has 0 aliphatic rings. The highest BCUT2D eigenvalue weighted by atomic mass is 35.5. The van der Waals surface area contributed by atoms with Crippen molar-refractivity contribution in [2.24, 2.45) is 0 Å². The van der Waals surface area contributed by atoms with Gasteiger partial charge in [-0.15, -0.1) is 0 Å². The lowest BCUT2D eigenvalue weighted by atomic mass is 10.1. The number of nitrogens with zero attached hydrogens (tertiary/aromatic N) is 1. The lowest BCUT2D eigenvalue weighted by Gasteiger charge is -2.29. The molecule has 150 valence electrons. The van der Waals surface area contributed by atoms with Crippen LogP contribution in [-0.4, -0.2) is 35.9 Å². The topological polar surface area (TPSA) is 58.6 Å². The lowest BCUT2D eigenvalue weighted by molar-refractivity contribution is -0.142. The van der Waals surface area contributed by atoms with Crippen molar-refractivity contribution in [1.29, 1.82) is 0 Å². The summed E-state index contributed by atoms with van der Waals surface area (Å²) >= 11 is 12.1. The van der Waals surface area contributed by atoms with E-state index < -0.39 is 17.8 Å². The van der Waals surface area contributed by atoms with Gasteiger partial charge in [-0.25, -0.2) is 4.39 Å². The van der Waals surface area contributed by atoms with E-state index in [0.29, 0.717) is 27.9 Å². The summed E-state index contributed by atoms with van der Waals surface area (Å²) in [4.78, 5) is 26.5. The quantitative estimate of drug-likeness (QED) is 0.691. The fraction of sp³-hybridized carbons (Fsp3) is 0.300. The first kappa shape index (κ1) is 22.0. The Morgan fingerprint density at radius 3 is 2.46 bits per heavy atom. The molecule has 1 unspecified atom stereocenters. The molecule has 0 saturated heterocycles. The fourth-order valence-corrected chi connectivity index (χ4v) is 2.97. The van der Waals surface area contributed by atoms with Gasteiger partial charge in [-0.2, -0.15) is 0 Å². The summed E-state index contributed by atoms with van der Waals surface area (Å²) in [6.45, 7) is 3.68. The average molecular weight is 427 g/mol. The third kappa shape index (κ3) is 6.11. The second-order valence-corrected chi connectivity index (χ2v) is 6.91. The summed E-state index contributed by atoms with van der Waals surface area (Å²) in [6.07, 6.45) is 0. The lowest BCUT2D eigenvalue weighted by Crippen LogP contribution is -2.49. The molecule has 0 saturated carbocycles. The molecule has 2 aromatic rings. The zero-order chi connectivity index (χ0) is 20.7. The molecule has 0 aliphatic heterocycles. The minimum absolute atomic E-state index is 0.111. The van der Waals surface area contributed by atoms with Crippen molar-refractivity contribution < 1.29 is 18.7 Å². The van der Waals surface area contributed by atoms with Gasteiger partial charge >= 0.3 is 0 Å². The SMILES string of the molecule is CCNC(=O)C(C)N(Cc1ccc(Cl)cc1Cl)C(=O)COc1ccc(F)cc1. The van der Waals surface area contributed by atoms with E-state index in [9.17, 15) is 14.0 Å². The zero-order valence-electron chi connectivity index (χ0n) is 15.5. The molecule has 28 heavy (non-hydrogen) atoms. The molecular formula is C20H21Cl2FN2O3. The Bertz CT molecular complexity index is 831. The molecule has 0 aliphatic carbocycles. The van der Waals surface area contributed by atoms with E-state index in [1.54, 1.807) is 32.0 Å². The summed E-state index contributed by atoms with van der Waals surface area (Å²) in [7, 11) is 0. The highest BCUT2D eigenvalue weighted by Crippen LogP contribution is 2.23. The van der Waals surface area contributed by atoms with Crippen LogP contribution in [0.4, 0.5) is 4.39 Å². The first-order valence-corrected chi connectivity index (χ1v) is 9.47. The van der Waals surface area contributed by atoms with Crippen molar-refractivity contribution in [3.8, 4) is 5.75 Å². The summed E-state index contributed by atoms with van der Waals surface area (Å²) < 4.78 is 18.4. The molecule has 1 atom stereocenters. The predicted molar refractivity (Wildman–Crippen MR) is 107 cm³/mol. The monoisotopic (exact) mass is 426 g/mol. The van der Waals surface area contributed by atoms with Gasteiger partial charge in [0.1, 0.15) is 17.6 Å². The van der Waals surface area contributed by atoms with E-state index in [2.05, 4.69) is 5.32 Å². The van der Waals surface area contributed by atoms with E-state index >= 15 is 0 Å². The molecule has 2 rings (SSSR count). The number of rotatable bonds is 8. The summed E-state index contributed by atoms with van der Waals surface area (Å²) in [5.41, 5.74) is 0.650. The molecule has 1 N–H and O–H groups in total. The summed E-state index contributed by atoms with van der Waals surface area (Å²) in [6, 6.07) is 9.54. The van der Waals surface area contributed by atoms with Crippen LogP contribution in [-0.2, 0) is 16.1 Å². The Morgan fingerprint density at radius 2 is 1.86 bits per heavy atom. The largest absolute Gasteiger partial charge is 0.484 e. The van der Waals surface area contributed by atoms with Gasteiger partial charge in [-0.3, -0.25) is 9.59 Å². The van der Waals surface area contributed by atoms with Gasteiger partial charge < -0.3 is 15.0 Å². The van der Waals surface area contributed by atoms with Crippen LogP contribution in [0.5, 0.6) is 5.75 Å². The number of carbonyl (C=O) groups is 2. The minimum Gasteiger partial charge on any atom is -0.484 e. The van der Waals surface area contributed by atoms with Gasteiger partial charge in [0.25, 0.3) is 5.91 Å². The van der Waals surface area contributed by atoms with Crippen LogP contribution in [0.25, 0.3) is 0 Å². The van der Waals surface area contributed by atoms with Gasteiger partial charge in [-0.1, -0.05) is 29.3 Å². The average Bonchev–Trinajstić information content (AvgIpc) is 2.66. The number of carbonyl (C=O) groups excluding carboxylic acids is 2. The van der Waals surface area contributed by atoms with Crippen molar-refractivity contribution in [2.45, 2.75) is 26.4 Å². The summed E-state index contributed by atoms with van der Waals surface area (Å²) in [5, 5.41) is 3.57. The molecule has 0 bridgehead atoms. The van der Waals surface area contributed by atoms with Crippen LogP contribution in [0.1, 0.15) is 19.4 Å². The number of likely N-dealkylation sites (N-methyl/N-ethyl adjacent to an activating group) is 1. The number of hydrogen-bond donors (Lipinski definition) is 1. The van der Waals surface area contributed by atoms with Crippen LogP contribution in [0.2, 0.25) is 10.0 Å². The Morgan fingerprint density at radius 1 is 1.18 bits per heavy atom. The molecule has 0 fully saturated rings. The van der Waals surface area contributed by atoms with Crippen molar-refractivity contribution in [3.63, 3.8) is 0 Å². The van der Waals surface area contributed by atoms with Gasteiger partial charge in [0, 0.05) is 23.1 Å². The third-order valence-corrected chi connectivity index (χ3v) is 4.64. The molecule has 2 aromatic carbocycles. The van der Waals surface area contributed by atoms with Crippen LogP contribution in [0, 0.1) is 5.82 Å². The highest BCUT2D eigenvalue weighted by molar-refractivity contribution is 6.35. The number of nitrogens with one attached hydrogen (secondary N) is 1. The maximum atomic E-state index is 13.0. The molecular weight excluding hydrogens is 406 g/mol. The van der Waals surface area contributed by atoms with E-state index in [-0.39, 0.29) is 19.1 Å². The van der Waals surface area contributed by atoms with Gasteiger partial charge in [0.05, 0.1) is 0 Å². The molecule has 0 heterocycles. The van der Waals surface area contributed by atoms with Crippen LogP contribution >= 0.6 is 23.2 Å². The normalized spacial score (nSPS) is 11.6. The van der Waals surface area contributed by atoms with E-state index in [1.165, 1.54) is 29.2 Å². The first-order valence-electron chi connectivity index (χ1n) is 8.71. The predicted octanol–water partition coefficient (Wildman–Crippen LogP) is 4.06. The molecule has 0 radical (unpaired) electrons. The minimum atomic E-state index is -0.740. The molecule has 2 amide bonds. The standard InChI is InChI=1S/C20H21Cl2FN2O3/c1-3-24-20(27)13(2)25(11-14-4-5-15(21)10-18(14)22)19(26)12-28-17-8-6-16(23)7-9-17/h4-10,13H,3,11-12H2,1-2H3,(H,24,27). The number of hydrogen-bond acceptors (Lipinski definition) is 3. The van der Waals surface area contributed by atoms with Crippen LogP contribution in [0.3, 0.4) is 0 Å². The Kier molecular flexibility index (Phi) is 8.08. The maximum absolute atomic E-state index is 13.0. The van der Waals surface area contributed by atoms with Gasteiger partial charge in [0.2, 0.25) is 5.91 Å². The number of halogens is 3. The van der Waals surface area contributed by atoms with Crippen LogP contribution < -0.4 is 10.1 Å². The zero-order valence-corrected chi connectivity index (χ0v) is 17.1. The van der Waals surface area contributed by atoms with Crippen molar-refractivity contribution in [3.05, 3.63) is 63.9 Å². The highest BCUT2D eigenvalue weighted by Gasteiger charge is 2.26. The van der Waals surface area contributed by atoms with Crippen molar-refractivity contribution in [1.82, 2.24) is 10.2 Å². The summed E-state index contributed by atoms with van der Waals surface area (Å²) in [5.74, 6) is -0.746. The third-order valence-electron chi connectivity index (χ3n) is 4.05. The first-order chi connectivity index (χ1) is 13.3. The van der Waals surface area contributed by atoms with Crippen molar-refractivity contribution >= 4 is 35.0 Å². The second kappa shape index (κ2) is 10.3. The van der Waals surface area contributed by atoms with Crippen molar-refractivity contribution in [2.75, 3.05) is 13.2 Å². The van der Waals surface area contributed by atoms with E-state index in [0.717, 1.165) is 0 Å². The number of amides is 2. The van der Waals surface area contributed by atoms with Crippen LogP contribution in [0.15, 0.2) is 42.5 Å². The Hall–Kier alpha value is -2.31. The smallest absolute Gasteiger partial charge is 0.261 e. The molecule has 8 heteroatoms. The van der Waals surface area contributed by atoms with E-state index in [4.69, 9.17) is 27.9 Å².